The molecule has 6 nitrogen and oxygen atoms in total. The molecule has 0 spiro atoms. The lowest BCUT2D eigenvalue weighted by molar-refractivity contribution is 0.100. The highest BCUT2D eigenvalue weighted by Gasteiger charge is 2.21. The van der Waals surface area contributed by atoms with Crippen LogP contribution in [0.25, 0.3) is 11.3 Å². The highest BCUT2D eigenvalue weighted by Crippen LogP contribution is 2.25. The Hall–Kier alpha value is -3.43. The number of benzene rings is 2. The topological polar surface area (TPSA) is 87.8 Å². The second-order valence-corrected chi connectivity index (χ2v) is 6.56. The summed E-state index contributed by atoms with van der Waals surface area (Å²) < 4.78 is 1.20. The molecule has 0 atom stereocenters. The van der Waals surface area contributed by atoms with Crippen molar-refractivity contribution in [2.45, 2.75) is 20.3 Å². The fourth-order valence-electron chi connectivity index (χ4n) is 2.86. The first-order chi connectivity index (χ1) is 13.4. The van der Waals surface area contributed by atoms with Crippen molar-refractivity contribution in [3.05, 3.63) is 80.9 Å². The number of ketones is 1. The van der Waals surface area contributed by atoms with Crippen LogP contribution in [0, 0.1) is 11.3 Å². The zero-order chi connectivity index (χ0) is 20.3. The minimum atomic E-state index is -0.416. The number of aryl methyl sites for hydroxylation is 1. The lowest BCUT2D eigenvalue weighted by Crippen LogP contribution is -2.35. The van der Waals surface area contributed by atoms with Gasteiger partial charge in [0.1, 0.15) is 17.1 Å². The first kappa shape index (κ1) is 19.3. The van der Waals surface area contributed by atoms with Gasteiger partial charge in [0.15, 0.2) is 5.78 Å². The van der Waals surface area contributed by atoms with Gasteiger partial charge in [-0.15, -0.1) is 0 Å². The molecule has 3 rings (SSSR count). The van der Waals surface area contributed by atoms with Crippen molar-refractivity contribution in [2.24, 2.45) is 0 Å². The van der Waals surface area contributed by atoms with E-state index in [1.165, 1.54) is 11.6 Å². The van der Waals surface area contributed by atoms with Crippen LogP contribution in [0.15, 0.2) is 53.3 Å². The Morgan fingerprint density at radius 2 is 2.00 bits per heavy atom. The normalized spacial score (nSPS) is 10.4. The van der Waals surface area contributed by atoms with Gasteiger partial charge in [-0.05, 0) is 36.8 Å². The lowest BCUT2D eigenvalue weighted by Gasteiger charge is -2.18. The van der Waals surface area contributed by atoms with Crippen molar-refractivity contribution in [2.75, 3.05) is 5.43 Å². The monoisotopic (exact) mass is 392 g/mol. The van der Waals surface area contributed by atoms with Crippen LogP contribution in [0.2, 0.25) is 5.02 Å². The minimum Gasteiger partial charge on any atom is -0.293 e. The van der Waals surface area contributed by atoms with E-state index in [4.69, 9.17) is 16.9 Å². The lowest BCUT2D eigenvalue weighted by atomic mass is 10.1. The molecule has 0 radical (unpaired) electrons. The van der Waals surface area contributed by atoms with Gasteiger partial charge in [-0.1, -0.05) is 36.7 Å². The Morgan fingerprint density at radius 1 is 1.25 bits per heavy atom. The number of hydrogen-bond acceptors (Lipinski definition) is 5. The quantitative estimate of drug-likeness (QED) is 0.661. The number of aromatic nitrogens is 2. The predicted molar refractivity (Wildman–Crippen MR) is 109 cm³/mol. The van der Waals surface area contributed by atoms with Crippen molar-refractivity contribution in [3.8, 4) is 17.3 Å². The molecule has 0 saturated carbocycles. The summed E-state index contributed by atoms with van der Waals surface area (Å²) in [4.78, 5) is 29.9. The molecule has 0 fully saturated rings. The number of Topliss-reactive ketones (excluding diaryl/α,β-unsaturated/α-hetero) is 1. The van der Waals surface area contributed by atoms with Crippen molar-refractivity contribution < 1.29 is 4.79 Å². The zero-order valence-corrected chi connectivity index (χ0v) is 16.1. The maximum atomic E-state index is 12.9. The maximum Gasteiger partial charge on any atom is 0.291 e. The molecular weight excluding hydrogens is 376 g/mol. The Morgan fingerprint density at radius 3 is 2.64 bits per heavy atom. The van der Waals surface area contributed by atoms with E-state index in [1.807, 2.05) is 13.0 Å². The largest absolute Gasteiger partial charge is 0.293 e. The van der Waals surface area contributed by atoms with E-state index < -0.39 is 5.56 Å². The van der Waals surface area contributed by atoms with Crippen LogP contribution >= 0.6 is 11.6 Å². The van der Waals surface area contributed by atoms with Gasteiger partial charge in [-0.3, -0.25) is 15.0 Å². The summed E-state index contributed by atoms with van der Waals surface area (Å²) >= 11 is 6.11. The summed E-state index contributed by atoms with van der Waals surface area (Å²) in [6.07, 6.45) is 0.393. The molecule has 0 amide bonds. The Bertz CT molecular complexity index is 1160. The van der Waals surface area contributed by atoms with Crippen LogP contribution in [-0.4, -0.2) is 15.4 Å². The highest BCUT2D eigenvalue weighted by molar-refractivity contribution is 6.30. The van der Waals surface area contributed by atoms with Crippen LogP contribution < -0.4 is 11.0 Å². The third-order valence-electron chi connectivity index (χ3n) is 4.14. The molecule has 0 unspecified atom stereocenters. The number of nitrogens with one attached hydrogen (secondary N) is 1. The summed E-state index contributed by atoms with van der Waals surface area (Å²) in [5.41, 5.74) is 4.91. The molecule has 3 aromatic rings. The second kappa shape index (κ2) is 8.07. The number of halogens is 1. The molecule has 7 heteroatoms. The molecule has 2 aromatic carbocycles. The SMILES string of the molecule is CCc1nc(-c2cccc(Cl)c2)c(C(C)=O)n(Nc2cccc(C#N)c2)c1=O. The van der Waals surface area contributed by atoms with Gasteiger partial charge in [0.25, 0.3) is 5.56 Å². The van der Waals surface area contributed by atoms with E-state index in [2.05, 4.69) is 10.4 Å². The minimum absolute atomic E-state index is 0.117. The number of carbonyl (C=O) groups is 1. The third-order valence-corrected chi connectivity index (χ3v) is 4.38. The fraction of sp³-hybridized carbons (Fsp3) is 0.143. The van der Waals surface area contributed by atoms with E-state index in [0.29, 0.717) is 39.6 Å². The molecule has 28 heavy (non-hydrogen) atoms. The van der Waals surface area contributed by atoms with Gasteiger partial charge in [0.05, 0.1) is 17.3 Å². The van der Waals surface area contributed by atoms with Gasteiger partial charge in [-0.2, -0.15) is 5.26 Å². The molecular formula is C21H17ClN4O2. The number of carbonyl (C=O) groups excluding carboxylic acids is 1. The number of nitriles is 1. The van der Waals surface area contributed by atoms with E-state index in [9.17, 15) is 9.59 Å². The van der Waals surface area contributed by atoms with Crippen molar-refractivity contribution in [3.63, 3.8) is 0 Å². The maximum absolute atomic E-state index is 12.9. The average molecular weight is 393 g/mol. The standard InChI is InChI=1S/C21H17ClN4O2/c1-3-18-21(28)26(25-17-9-4-6-14(10-17)12-23)20(13(2)27)19(24-18)15-7-5-8-16(22)11-15/h4-11,25H,3H2,1-2H3. The summed E-state index contributed by atoms with van der Waals surface area (Å²) in [7, 11) is 0. The van der Waals surface area contributed by atoms with E-state index in [1.54, 1.807) is 48.5 Å². The van der Waals surface area contributed by atoms with Gasteiger partial charge >= 0.3 is 0 Å². The molecule has 1 heterocycles. The third kappa shape index (κ3) is 3.80. The first-order valence-electron chi connectivity index (χ1n) is 8.64. The van der Waals surface area contributed by atoms with Crippen LogP contribution in [0.5, 0.6) is 0 Å². The van der Waals surface area contributed by atoms with Crippen molar-refractivity contribution in [1.29, 1.82) is 5.26 Å². The molecule has 1 aromatic heterocycles. The van der Waals surface area contributed by atoms with Crippen LogP contribution in [-0.2, 0) is 6.42 Å². The highest BCUT2D eigenvalue weighted by atomic mass is 35.5. The fourth-order valence-corrected chi connectivity index (χ4v) is 3.05. The Kier molecular flexibility index (Phi) is 5.57. The number of nitrogens with zero attached hydrogens (tertiary/aromatic N) is 3. The molecule has 0 aliphatic heterocycles. The van der Waals surface area contributed by atoms with Crippen LogP contribution in [0.4, 0.5) is 5.69 Å². The van der Waals surface area contributed by atoms with Crippen molar-refractivity contribution in [1.82, 2.24) is 9.66 Å². The summed E-state index contributed by atoms with van der Waals surface area (Å²) in [5, 5.41) is 9.60. The van der Waals surface area contributed by atoms with Crippen molar-refractivity contribution >= 4 is 23.1 Å². The molecule has 0 aliphatic rings. The summed E-state index contributed by atoms with van der Waals surface area (Å²) in [6.45, 7) is 3.19. The van der Waals surface area contributed by atoms with E-state index in [-0.39, 0.29) is 11.5 Å². The van der Waals surface area contributed by atoms with Gasteiger partial charge < -0.3 is 0 Å². The summed E-state index contributed by atoms with van der Waals surface area (Å²) in [5.74, 6) is -0.328. The van der Waals surface area contributed by atoms with E-state index >= 15 is 0 Å². The predicted octanol–water partition coefficient (Wildman–Crippen LogP) is 4.08. The summed E-state index contributed by atoms with van der Waals surface area (Å²) in [6, 6.07) is 15.7. The van der Waals surface area contributed by atoms with Gasteiger partial charge in [0.2, 0.25) is 0 Å². The Balaban J connectivity index is 2.28. The molecule has 0 bridgehead atoms. The smallest absolute Gasteiger partial charge is 0.291 e. The molecule has 0 aliphatic carbocycles. The average Bonchev–Trinajstić information content (AvgIpc) is 2.69. The first-order valence-corrected chi connectivity index (χ1v) is 9.02. The molecule has 140 valence electrons. The van der Waals surface area contributed by atoms with E-state index in [0.717, 1.165) is 0 Å². The number of hydrogen-bond donors (Lipinski definition) is 1. The molecule has 0 saturated heterocycles. The van der Waals surface area contributed by atoms with Gasteiger partial charge in [0, 0.05) is 17.5 Å². The second-order valence-electron chi connectivity index (χ2n) is 6.12. The number of anilines is 1. The van der Waals surface area contributed by atoms with Crippen LogP contribution in [0.3, 0.4) is 0 Å². The van der Waals surface area contributed by atoms with Crippen LogP contribution in [0.1, 0.15) is 35.6 Å². The Labute approximate surface area is 167 Å². The zero-order valence-electron chi connectivity index (χ0n) is 15.4. The van der Waals surface area contributed by atoms with Gasteiger partial charge in [-0.25, -0.2) is 9.66 Å². The number of rotatable bonds is 5. The molecule has 1 N–H and O–H groups in total.